The monoisotopic (exact) mass is 267 g/mol. The molecule has 0 unspecified atom stereocenters. The number of nitrogens with one attached hydrogen (secondary N) is 1. The van der Waals surface area contributed by atoms with E-state index in [1.54, 1.807) is 18.3 Å². The highest BCUT2D eigenvalue weighted by Gasteiger charge is 2.07. The van der Waals surface area contributed by atoms with Crippen molar-refractivity contribution in [1.82, 2.24) is 9.99 Å². The fourth-order valence-corrected chi connectivity index (χ4v) is 2.10. The number of benzene rings is 1. The molecule has 0 saturated heterocycles. The highest BCUT2D eigenvalue weighted by Crippen LogP contribution is 2.18. The van der Waals surface area contributed by atoms with Crippen molar-refractivity contribution in [2.24, 2.45) is 12.1 Å². The number of nitrogens with zero attached hydrogens (tertiary/aromatic N) is 2. The van der Waals surface area contributed by atoms with Crippen LogP contribution in [0.2, 0.25) is 0 Å². The summed E-state index contributed by atoms with van der Waals surface area (Å²) in [4.78, 5) is 11.6. The molecular weight excluding hydrogens is 254 g/mol. The number of furan rings is 1. The molecule has 0 saturated carbocycles. The van der Waals surface area contributed by atoms with E-state index in [9.17, 15) is 4.79 Å². The van der Waals surface area contributed by atoms with Crippen LogP contribution in [0.1, 0.15) is 16.1 Å². The van der Waals surface area contributed by atoms with Gasteiger partial charge in [-0.1, -0.05) is 18.2 Å². The number of aryl methyl sites for hydroxylation is 1. The lowest BCUT2D eigenvalue weighted by atomic mass is 10.2. The normalized spacial score (nSPS) is 11.2. The van der Waals surface area contributed by atoms with E-state index in [4.69, 9.17) is 4.42 Å². The van der Waals surface area contributed by atoms with E-state index in [1.165, 1.54) is 6.26 Å². The van der Waals surface area contributed by atoms with Crippen molar-refractivity contribution in [2.45, 2.75) is 0 Å². The van der Waals surface area contributed by atoms with Gasteiger partial charge in [0.2, 0.25) is 0 Å². The second-order valence-electron chi connectivity index (χ2n) is 4.39. The third-order valence-corrected chi connectivity index (χ3v) is 3.04. The first kappa shape index (κ1) is 12.2. The van der Waals surface area contributed by atoms with Crippen LogP contribution in [0.4, 0.5) is 0 Å². The number of aromatic nitrogens is 1. The van der Waals surface area contributed by atoms with E-state index < -0.39 is 0 Å². The fraction of sp³-hybridized carbons (Fsp3) is 0.0667. The van der Waals surface area contributed by atoms with Crippen LogP contribution in [0.3, 0.4) is 0 Å². The Morgan fingerprint density at radius 3 is 2.95 bits per heavy atom. The van der Waals surface area contributed by atoms with Crippen LogP contribution in [0.15, 0.2) is 58.4 Å². The number of fused-ring (bicyclic) bond motifs is 1. The molecule has 0 spiro atoms. The van der Waals surface area contributed by atoms with Gasteiger partial charge in [-0.2, -0.15) is 5.10 Å². The Morgan fingerprint density at radius 1 is 1.30 bits per heavy atom. The predicted octanol–water partition coefficient (Wildman–Crippen LogP) is 2.54. The first-order valence-corrected chi connectivity index (χ1v) is 6.16. The van der Waals surface area contributed by atoms with E-state index in [-0.39, 0.29) is 11.7 Å². The molecule has 0 aliphatic rings. The largest absolute Gasteiger partial charge is 0.459 e. The van der Waals surface area contributed by atoms with Crippen LogP contribution in [-0.4, -0.2) is 16.7 Å². The van der Waals surface area contributed by atoms with Crippen molar-refractivity contribution >= 4 is 23.0 Å². The second-order valence-corrected chi connectivity index (χ2v) is 4.39. The Kier molecular flexibility index (Phi) is 3.09. The summed E-state index contributed by atoms with van der Waals surface area (Å²) < 4.78 is 7.00. The van der Waals surface area contributed by atoms with Gasteiger partial charge in [-0.3, -0.25) is 4.79 Å². The van der Waals surface area contributed by atoms with E-state index in [0.29, 0.717) is 0 Å². The number of hydrogen-bond donors (Lipinski definition) is 1. The van der Waals surface area contributed by atoms with Gasteiger partial charge in [0, 0.05) is 29.7 Å². The molecule has 0 aliphatic heterocycles. The summed E-state index contributed by atoms with van der Waals surface area (Å²) in [6.45, 7) is 0. The average molecular weight is 267 g/mol. The summed E-state index contributed by atoms with van der Waals surface area (Å²) in [7, 11) is 1.97. The Hall–Kier alpha value is -2.82. The maximum absolute atomic E-state index is 11.6. The van der Waals surface area contributed by atoms with Gasteiger partial charge in [-0.15, -0.1) is 0 Å². The zero-order valence-corrected chi connectivity index (χ0v) is 10.9. The quantitative estimate of drug-likeness (QED) is 0.585. The minimum absolute atomic E-state index is 0.236. The zero-order valence-electron chi connectivity index (χ0n) is 10.9. The number of carbonyl (C=O) groups excluding carboxylic acids is 1. The standard InChI is InChI=1S/C15H13N3O2/c1-18-10-11(12-5-2-3-6-13(12)18)9-16-17-15(19)14-7-4-8-20-14/h2-10H,1H3,(H,17,19)/b16-9+. The third-order valence-electron chi connectivity index (χ3n) is 3.04. The molecule has 0 aliphatic carbocycles. The molecule has 2 aromatic heterocycles. The molecule has 2 heterocycles. The first-order valence-electron chi connectivity index (χ1n) is 6.16. The van der Waals surface area contributed by atoms with Crippen molar-refractivity contribution in [2.75, 3.05) is 0 Å². The molecule has 1 amide bonds. The molecular formula is C15H13N3O2. The Bertz CT molecular complexity index is 770. The number of amides is 1. The lowest BCUT2D eigenvalue weighted by molar-refractivity contribution is 0.0927. The van der Waals surface area contributed by atoms with Crippen LogP contribution in [-0.2, 0) is 7.05 Å². The summed E-state index contributed by atoms with van der Waals surface area (Å²) >= 11 is 0. The van der Waals surface area contributed by atoms with Crippen molar-refractivity contribution < 1.29 is 9.21 Å². The van der Waals surface area contributed by atoms with E-state index in [1.807, 2.05) is 42.1 Å². The molecule has 3 aromatic rings. The molecule has 0 bridgehead atoms. The maximum Gasteiger partial charge on any atom is 0.307 e. The Balaban J connectivity index is 1.80. The number of hydrogen-bond acceptors (Lipinski definition) is 3. The average Bonchev–Trinajstić information content (AvgIpc) is 3.09. The van der Waals surface area contributed by atoms with Crippen LogP contribution in [0.25, 0.3) is 10.9 Å². The van der Waals surface area contributed by atoms with Crippen molar-refractivity contribution in [3.63, 3.8) is 0 Å². The number of rotatable bonds is 3. The maximum atomic E-state index is 11.6. The van der Waals surface area contributed by atoms with E-state index in [2.05, 4.69) is 10.5 Å². The van der Waals surface area contributed by atoms with Gasteiger partial charge < -0.3 is 8.98 Å². The Labute approximate surface area is 115 Å². The molecule has 0 fully saturated rings. The van der Waals surface area contributed by atoms with Gasteiger partial charge >= 0.3 is 5.91 Å². The number of para-hydroxylation sites is 1. The summed E-state index contributed by atoms with van der Waals surface area (Å²) in [6.07, 6.45) is 5.04. The highest BCUT2D eigenvalue weighted by molar-refractivity contribution is 6.00. The summed E-state index contributed by atoms with van der Waals surface area (Å²) in [6, 6.07) is 11.3. The van der Waals surface area contributed by atoms with Crippen molar-refractivity contribution in [3.8, 4) is 0 Å². The van der Waals surface area contributed by atoms with Crippen molar-refractivity contribution in [3.05, 3.63) is 60.2 Å². The molecule has 0 atom stereocenters. The van der Waals surface area contributed by atoms with Gasteiger partial charge in [-0.25, -0.2) is 5.43 Å². The van der Waals surface area contributed by atoms with Crippen LogP contribution < -0.4 is 5.43 Å². The lowest BCUT2D eigenvalue weighted by Crippen LogP contribution is -2.16. The van der Waals surface area contributed by atoms with E-state index in [0.717, 1.165) is 16.5 Å². The van der Waals surface area contributed by atoms with Crippen LogP contribution in [0, 0.1) is 0 Å². The van der Waals surface area contributed by atoms with Gasteiger partial charge in [0.25, 0.3) is 0 Å². The molecule has 20 heavy (non-hydrogen) atoms. The highest BCUT2D eigenvalue weighted by atomic mass is 16.3. The topological polar surface area (TPSA) is 59.5 Å². The van der Waals surface area contributed by atoms with Gasteiger partial charge in [0.05, 0.1) is 12.5 Å². The lowest BCUT2D eigenvalue weighted by Gasteiger charge is -1.94. The molecule has 0 radical (unpaired) electrons. The number of carbonyl (C=O) groups is 1. The first-order chi connectivity index (χ1) is 9.75. The SMILES string of the molecule is Cn1cc(/C=N/NC(=O)c2ccco2)c2ccccc21. The summed E-state index contributed by atoms with van der Waals surface area (Å²) in [5.74, 6) is -0.133. The number of hydrazone groups is 1. The van der Waals surface area contributed by atoms with Crippen LogP contribution in [0.5, 0.6) is 0 Å². The molecule has 5 nitrogen and oxygen atoms in total. The zero-order chi connectivity index (χ0) is 13.9. The molecule has 1 aromatic carbocycles. The molecule has 100 valence electrons. The van der Waals surface area contributed by atoms with E-state index >= 15 is 0 Å². The van der Waals surface area contributed by atoms with Crippen molar-refractivity contribution in [1.29, 1.82) is 0 Å². The summed E-state index contributed by atoms with van der Waals surface area (Å²) in [5.41, 5.74) is 4.50. The fourth-order valence-electron chi connectivity index (χ4n) is 2.10. The predicted molar refractivity (Wildman–Crippen MR) is 76.7 cm³/mol. The van der Waals surface area contributed by atoms with Crippen LogP contribution >= 0.6 is 0 Å². The summed E-state index contributed by atoms with van der Waals surface area (Å²) in [5, 5.41) is 5.05. The Morgan fingerprint density at radius 2 is 2.15 bits per heavy atom. The third kappa shape index (κ3) is 2.21. The minimum Gasteiger partial charge on any atom is -0.459 e. The molecule has 1 N–H and O–H groups in total. The van der Waals surface area contributed by atoms with Gasteiger partial charge in [0.1, 0.15) is 0 Å². The minimum atomic E-state index is -0.369. The van der Waals surface area contributed by atoms with Gasteiger partial charge in [0.15, 0.2) is 5.76 Å². The molecule has 3 rings (SSSR count). The smallest absolute Gasteiger partial charge is 0.307 e. The molecule has 5 heteroatoms. The van der Waals surface area contributed by atoms with Gasteiger partial charge in [-0.05, 0) is 18.2 Å². The second kappa shape index (κ2) is 5.05.